The molecule has 7 nitrogen and oxygen atoms in total. The molecular formula is C21H22ClN3O4. The number of carbonyl (C=O) groups excluding carboxylic acids is 3. The van der Waals surface area contributed by atoms with Gasteiger partial charge in [0.05, 0.1) is 19.1 Å². The molecule has 2 aromatic carbocycles. The topological polar surface area (TPSA) is 87.7 Å². The van der Waals surface area contributed by atoms with Gasteiger partial charge in [0.15, 0.2) is 0 Å². The SMILES string of the molecule is COc1ccccc1C(=O)N1CCNC(=O)C1CC(=O)Nc1cc(Cl)ccc1C. The van der Waals surface area contributed by atoms with Crippen LogP contribution >= 0.6 is 11.6 Å². The number of nitrogens with one attached hydrogen (secondary N) is 2. The Kier molecular flexibility index (Phi) is 6.39. The van der Waals surface area contributed by atoms with Crippen molar-refractivity contribution < 1.29 is 19.1 Å². The van der Waals surface area contributed by atoms with Crippen LogP contribution in [0.25, 0.3) is 0 Å². The van der Waals surface area contributed by atoms with Crippen LogP contribution < -0.4 is 15.4 Å². The minimum atomic E-state index is -0.916. The van der Waals surface area contributed by atoms with Crippen molar-refractivity contribution in [2.75, 3.05) is 25.5 Å². The van der Waals surface area contributed by atoms with Crippen molar-refractivity contribution in [2.45, 2.75) is 19.4 Å². The number of amides is 3. The Morgan fingerprint density at radius 3 is 2.79 bits per heavy atom. The highest BCUT2D eigenvalue weighted by Gasteiger charge is 2.36. The largest absolute Gasteiger partial charge is 0.496 e. The Morgan fingerprint density at radius 2 is 2.03 bits per heavy atom. The lowest BCUT2D eigenvalue weighted by atomic mass is 10.0. The molecule has 1 saturated heterocycles. The third kappa shape index (κ3) is 4.68. The molecule has 0 aliphatic carbocycles. The highest BCUT2D eigenvalue weighted by atomic mass is 35.5. The number of carbonyl (C=O) groups is 3. The fourth-order valence-corrected chi connectivity index (χ4v) is 3.41. The number of anilines is 1. The number of para-hydroxylation sites is 1. The summed E-state index contributed by atoms with van der Waals surface area (Å²) < 4.78 is 5.26. The van der Waals surface area contributed by atoms with Crippen LogP contribution in [0.2, 0.25) is 5.02 Å². The molecule has 0 saturated carbocycles. The first kappa shape index (κ1) is 20.7. The van der Waals surface area contributed by atoms with Gasteiger partial charge in [-0.3, -0.25) is 14.4 Å². The molecule has 0 radical (unpaired) electrons. The number of nitrogens with zero attached hydrogens (tertiary/aromatic N) is 1. The van der Waals surface area contributed by atoms with E-state index >= 15 is 0 Å². The van der Waals surface area contributed by atoms with E-state index in [9.17, 15) is 14.4 Å². The number of hydrogen-bond acceptors (Lipinski definition) is 4. The number of hydrogen-bond donors (Lipinski definition) is 2. The third-order valence-corrected chi connectivity index (χ3v) is 5.02. The Bertz CT molecular complexity index is 947. The smallest absolute Gasteiger partial charge is 0.258 e. The van der Waals surface area contributed by atoms with E-state index < -0.39 is 6.04 Å². The van der Waals surface area contributed by atoms with Gasteiger partial charge >= 0.3 is 0 Å². The zero-order chi connectivity index (χ0) is 21.0. The molecule has 1 aliphatic heterocycles. The van der Waals surface area contributed by atoms with Crippen LogP contribution in [0, 0.1) is 6.92 Å². The summed E-state index contributed by atoms with van der Waals surface area (Å²) in [6.45, 7) is 2.47. The van der Waals surface area contributed by atoms with Crippen LogP contribution in [0.15, 0.2) is 42.5 Å². The molecule has 3 amide bonds. The normalized spacial score (nSPS) is 16.2. The van der Waals surface area contributed by atoms with E-state index in [2.05, 4.69) is 10.6 Å². The van der Waals surface area contributed by atoms with Crippen LogP contribution in [-0.4, -0.2) is 48.9 Å². The first-order valence-electron chi connectivity index (χ1n) is 9.18. The molecule has 152 valence electrons. The molecular weight excluding hydrogens is 394 g/mol. The number of rotatable bonds is 5. The Balaban J connectivity index is 1.79. The molecule has 0 spiro atoms. The van der Waals surface area contributed by atoms with Crippen LogP contribution in [0.3, 0.4) is 0 Å². The highest BCUT2D eigenvalue weighted by Crippen LogP contribution is 2.23. The van der Waals surface area contributed by atoms with Crippen molar-refractivity contribution in [3.8, 4) is 5.75 Å². The van der Waals surface area contributed by atoms with E-state index in [4.69, 9.17) is 16.3 Å². The predicted molar refractivity (Wildman–Crippen MR) is 110 cm³/mol. The van der Waals surface area contributed by atoms with E-state index in [1.165, 1.54) is 12.0 Å². The molecule has 1 unspecified atom stereocenters. The van der Waals surface area contributed by atoms with Gasteiger partial charge in [0, 0.05) is 23.8 Å². The number of piperazine rings is 1. The summed E-state index contributed by atoms with van der Waals surface area (Å²) in [5, 5.41) is 5.99. The molecule has 3 rings (SSSR count). The molecule has 0 bridgehead atoms. The van der Waals surface area contributed by atoms with Crippen molar-refractivity contribution in [2.24, 2.45) is 0 Å². The number of benzene rings is 2. The molecule has 1 aliphatic rings. The average molecular weight is 416 g/mol. The lowest BCUT2D eigenvalue weighted by molar-refractivity contribution is -0.131. The van der Waals surface area contributed by atoms with E-state index in [1.54, 1.807) is 42.5 Å². The maximum Gasteiger partial charge on any atom is 0.258 e. The van der Waals surface area contributed by atoms with Gasteiger partial charge in [-0.05, 0) is 36.8 Å². The van der Waals surface area contributed by atoms with Crippen molar-refractivity contribution in [1.82, 2.24) is 10.2 Å². The number of aryl methyl sites for hydroxylation is 1. The molecule has 0 aromatic heterocycles. The lowest BCUT2D eigenvalue weighted by Crippen LogP contribution is -2.58. The molecule has 8 heteroatoms. The number of halogens is 1. The van der Waals surface area contributed by atoms with E-state index in [0.717, 1.165) is 5.56 Å². The second-order valence-corrected chi connectivity index (χ2v) is 7.15. The van der Waals surface area contributed by atoms with E-state index in [1.807, 2.05) is 6.92 Å². The molecule has 2 N–H and O–H groups in total. The fourth-order valence-electron chi connectivity index (χ4n) is 3.24. The number of ether oxygens (including phenoxy) is 1. The standard InChI is InChI=1S/C21H22ClN3O4/c1-13-7-8-14(22)11-16(13)24-19(26)12-17-20(27)23-9-10-25(17)21(28)15-5-3-4-6-18(15)29-2/h3-8,11,17H,9-10,12H2,1-2H3,(H,23,27)(H,24,26). The summed E-state index contributed by atoms with van der Waals surface area (Å²) >= 11 is 6.00. The van der Waals surface area contributed by atoms with Crippen molar-refractivity contribution >= 4 is 35.0 Å². The molecule has 2 aromatic rings. The van der Waals surface area contributed by atoms with Gasteiger partial charge in [-0.15, -0.1) is 0 Å². The maximum absolute atomic E-state index is 13.1. The fraction of sp³-hybridized carbons (Fsp3) is 0.286. The van der Waals surface area contributed by atoms with Gasteiger partial charge in [0.25, 0.3) is 5.91 Å². The third-order valence-electron chi connectivity index (χ3n) is 4.78. The van der Waals surface area contributed by atoms with Crippen molar-refractivity contribution in [1.29, 1.82) is 0 Å². The van der Waals surface area contributed by atoms with Gasteiger partial charge < -0.3 is 20.3 Å². The van der Waals surface area contributed by atoms with Crippen molar-refractivity contribution in [3.05, 3.63) is 58.6 Å². The molecule has 1 heterocycles. The summed E-state index contributed by atoms with van der Waals surface area (Å²) in [4.78, 5) is 39.6. The minimum absolute atomic E-state index is 0.168. The highest BCUT2D eigenvalue weighted by molar-refractivity contribution is 6.31. The first-order chi connectivity index (χ1) is 13.9. The van der Waals surface area contributed by atoms with Gasteiger partial charge in [0.2, 0.25) is 11.8 Å². The Labute approximate surface area is 174 Å². The second-order valence-electron chi connectivity index (χ2n) is 6.72. The maximum atomic E-state index is 13.1. The zero-order valence-electron chi connectivity index (χ0n) is 16.2. The average Bonchev–Trinajstić information content (AvgIpc) is 2.71. The predicted octanol–water partition coefficient (Wildman–Crippen LogP) is 2.63. The Hall–Kier alpha value is -3.06. The second kappa shape index (κ2) is 8.96. The Morgan fingerprint density at radius 1 is 1.28 bits per heavy atom. The molecule has 29 heavy (non-hydrogen) atoms. The van der Waals surface area contributed by atoms with Gasteiger partial charge in [-0.25, -0.2) is 0 Å². The monoisotopic (exact) mass is 415 g/mol. The number of methoxy groups -OCH3 is 1. The van der Waals surface area contributed by atoms with Gasteiger partial charge in [0.1, 0.15) is 11.8 Å². The summed E-state index contributed by atoms with van der Waals surface area (Å²) in [5.74, 6) is -0.678. The summed E-state index contributed by atoms with van der Waals surface area (Å²) in [6, 6.07) is 11.1. The lowest BCUT2D eigenvalue weighted by Gasteiger charge is -2.35. The van der Waals surface area contributed by atoms with Crippen LogP contribution in [-0.2, 0) is 9.59 Å². The van der Waals surface area contributed by atoms with Crippen LogP contribution in [0.4, 0.5) is 5.69 Å². The zero-order valence-corrected chi connectivity index (χ0v) is 17.0. The van der Waals surface area contributed by atoms with Crippen molar-refractivity contribution in [3.63, 3.8) is 0 Å². The molecule has 1 fully saturated rings. The van der Waals surface area contributed by atoms with E-state index in [0.29, 0.717) is 35.1 Å². The summed E-state index contributed by atoms with van der Waals surface area (Å²) in [7, 11) is 1.48. The summed E-state index contributed by atoms with van der Waals surface area (Å²) in [5.41, 5.74) is 1.76. The van der Waals surface area contributed by atoms with Crippen LogP contribution in [0.1, 0.15) is 22.3 Å². The van der Waals surface area contributed by atoms with E-state index in [-0.39, 0.29) is 24.1 Å². The minimum Gasteiger partial charge on any atom is -0.496 e. The molecule has 1 atom stereocenters. The van der Waals surface area contributed by atoms with Gasteiger partial charge in [-0.1, -0.05) is 29.8 Å². The van der Waals surface area contributed by atoms with Crippen LogP contribution in [0.5, 0.6) is 5.75 Å². The van der Waals surface area contributed by atoms with Gasteiger partial charge in [-0.2, -0.15) is 0 Å². The summed E-state index contributed by atoms with van der Waals surface area (Å²) in [6.07, 6.45) is -0.168. The quantitative estimate of drug-likeness (QED) is 0.785. The first-order valence-corrected chi connectivity index (χ1v) is 9.56.